The van der Waals surface area contributed by atoms with Gasteiger partial charge < -0.3 is 14.8 Å². The van der Waals surface area contributed by atoms with Gasteiger partial charge in [-0.2, -0.15) is 5.26 Å². The van der Waals surface area contributed by atoms with Gasteiger partial charge in [-0.05, 0) is 54.9 Å². The number of aliphatic carboxylic acids is 1. The molecule has 2 heterocycles. The number of hydrogen-bond acceptors (Lipinski definition) is 7. The molecular formula is C20H18N4O4S2. The van der Waals surface area contributed by atoms with Crippen LogP contribution < -0.4 is 9.64 Å². The lowest BCUT2D eigenvalue weighted by Gasteiger charge is -2.21. The molecule has 0 fully saturated rings. The summed E-state index contributed by atoms with van der Waals surface area (Å²) >= 11 is 6.44. The third kappa shape index (κ3) is 5.62. The van der Waals surface area contributed by atoms with Crippen molar-refractivity contribution in [1.29, 1.82) is 5.26 Å². The number of benzene rings is 1. The minimum atomic E-state index is -0.881. The number of carbonyl (C=O) groups is 2. The quantitative estimate of drug-likeness (QED) is 0.384. The number of nitriles is 1. The molecule has 0 saturated carbocycles. The van der Waals surface area contributed by atoms with E-state index in [4.69, 9.17) is 27.3 Å². The fourth-order valence-electron chi connectivity index (χ4n) is 2.75. The Kier molecular flexibility index (Phi) is 7.11. The molecule has 154 valence electrons. The van der Waals surface area contributed by atoms with Crippen LogP contribution in [-0.4, -0.2) is 33.7 Å². The maximum Gasteiger partial charge on any atom is 0.420 e. The molecule has 0 aliphatic heterocycles. The van der Waals surface area contributed by atoms with Crippen molar-refractivity contribution in [2.24, 2.45) is 0 Å². The second-order valence-electron chi connectivity index (χ2n) is 6.39. The highest BCUT2D eigenvalue weighted by Crippen LogP contribution is 2.23. The molecule has 0 spiro atoms. The number of pyridine rings is 1. The lowest BCUT2D eigenvalue weighted by atomic mass is 10.2. The zero-order valence-electron chi connectivity index (χ0n) is 15.8. The van der Waals surface area contributed by atoms with Crippen molar-refractivity contribution < 1.29 is 19.4 Å². The summed E-state index contributed by atoms with van der Waals surface area (Å²) in [6.45, 7) is 0.257. The third-order valence-electron chi connectivity index (χ3n) is 4.20. The van der Waals surface area contributed by atoms with Crippen LogP contribution in [0.2, 0.25) is 0 Å². The van der Waals surface area contributed by atoms with Crippen molar-refractivity contribution in [1.82, 2.24) is 9.97 Å². The number of fused-ring (bicyclic) bond motifs is 1. The molecule has 0 aliphatic carbocycles. The lowest BCUT2D eigenvalue weighted by molar-refractivity contribution is -0.137. The van der Waals surface area contributed by atoms with Gasteiger partial charge in [-0.3, -0.25) is 9.69 Å². The Morgan fingerprint density at radius 1 is 1.23 bits per heavy atom. The van der Waals surface area contributed by atoms with Crippen LogP contribution in [0.5, 0.6) is 5.75 Å². The first kappa shape index (κ1) is 21.4. The Morgan fingerprint density at radius 3 is 2.70 bits per heavy atom. The fourth-order valence-corrected chi connectivity index (χ4v) is 3.80. The van der Waals surface area contributed by atoms with Gasteiger partial charge in [-0.25, -0.2) is 9.78 Å². The van der Waals surface area contributed by atoms with Gasteiger partial charge in [-0.15, -0.1) is 0 Å². The standard InChI is InChI=1S/C20H18N4O4S2/c21-11-10-13-4-6-14(7-5-13)28-20(27)24(12-2-1-3-17(25)26)16-9-8-15-18(23-16)30-19(29)22-15/h4-9H,1-3,10,12H2,(H,22,29)(H,25,26). The Hall–Kier alpha value is -3.29. The number of aromatic nitrogens is 2. The number of hydrogen-bond donors (Lipinski definition) is 2. The van der Waals surface area contributed by atoms with Gasteiger partial charge in [0, 0.05) is 13.0 Å². The molecular weight excluding hydrogens is 424 g/mol. The molecule has 0 aliphatic rings. The molecule has 0 atom stereocenters. The van der Waals surface area contributed by atoms with Crippen LogP contribution in [0.1, 0.15) is 24.8 Å². The average molecular weight is 443 g/mol. The summed E-state index contributed by atoms with van der Waals surface area (Å²) in [4.78, 5) is 33.2. The lowest BCUT2D eigenvalue weighted by Crippen LogP contribution is -2.35. The number of nitrogens with one attached hydrogen (secondary N) is 1. The average Bonchev–Trinajstić information content (AvgIpc) is 3.08. The number of amides is 1. The molecule has 3 aromatic rings. The number of unbranched alkanes of at least 4 members (excludes halogenated alkanes) is 1. The number of rotatable bonds is 8. The van der Waals surface area contributed by atoms with Crippen molar-refractivity contribution in [3.63, 3.8) is 0 Å². The van der Waals surface area contributed by atoms with E-state index in [0.717, 1.165) is 11.1 Å². The molecule has 0 unspecified atom stereocenters. The van der Waals surface area contributed by atoms with Crippen LogP contribution >= 0.6 is 23.6 Å². The molecule has 30 heavy (non-hydrogen) atoms. The first-order chi connectivity index (χ1) is 14.5. The van der Waals surface area contributed by atoms with Crippen LogP contribution in [0.15, 0.2) is 36.4 Å². The van der Waals surface area contributed by atoms with Crippen molar-refractivity contribution in [2.75, 3.05) is 11.4 Å². The van der Waals surface area contributed by atoms with Gasteiger partial charge in [-0.1, -0.05) is 23.5 Å². The van der Waals surface area contributed by atoms with E-state index >= 15 is 0 Å². The summed E-state index contributed by atoms with van der Waals surface area (Å²) in [7, 11) is 0. The second-order valence-corrected chi connectivity index (χ2v) is 8.05. The van der Waals surface area contributed by atoms with Gasteiger partial charge in [0.2, 0.25) is 0 Å². The van der Waals surface area contributed by atoms with Crippen LogP contribution in [-0.2, 0) is 11.2 Å². The largest absolute Gasteiger partial charge is 0.481 e. The molecule has 2 N–H and O–H groups in total. The van der Waals surface area contributed by atoms with Crippen LogP contribution in [0.4, 0.5) is 10.6 Å². The summed E-state index contributed by atoms with van der Waals surface area (Å²) in [5, 5.41) is 17.6. The molecule has 1 aromatic carbocycles. The molecule has 10 heteroatoms. The SMILES string of the molecule is N#CCc1ccc(OC(=O)N(CCCCC(=O)O)c2ccc3[nH]c(=S)sc3n2)cc1. The minimum absolute atomic E-state index is 0.0227. The van der Waals surface area contributed by atoms with E-state index in [-0.39, 0.29) is 19.4 Å². The van der Waals surface area contributed by atoms with Gasteiger partial charge in [0.15, 0.2) is 3.95 Å². The van der Waals surface area contributed by atoms with E-state index in [0.29, 0.717) is 33.2 Å². The summed E-state index contributed by atoms with van der Waals surface area (Å²) in [6.07, 6.45) is 0.577. The number of carbonyl (C=O) groups excluding carboxylic acids is 1. The van der Waals surface area contributed by atoms with Crippen LogP contribution in [0, 0.1) is 15.3 Å². The summed E-state index contributed by atoms with van der Waals surface area (Å²) in [5.41, 5.74) is 1.60. The number of carboxylic acids is 1. The maximum absolute atomic E-state index is 12.9. The van der Waals surface area contributed by atoms with Gasteiger partial charge in [0.05, 0.1) is 18.0 Å². The van der Waals surface area contributed by atoms with Crippen LogP contribution in [0.3, 0.4) is 0 Å². The molecule has 1 amide bonds. The fraction of sp³-hybridized carbons (Fsp3) is 0.250. The smallest absolute Gasteiger partial charge is 0.420 e. The van der Waals surface area contributed by atoms with E-state index in [2.05, 4.69) is 16.0 Å². The number of aromatic amines is 1. The summed E-state index contributed by atoms with van der Waals surface area (Å²) in [6, 6.07) is 12.2. The predicted octanol–water partition coefficient (Wildman–Crippen LogP) is 4.68. The Labute approximate surface area is 181 Å². The Balaban J connectivity index is 1.79. The zero-order valence-corrected chi connectivity index (χ0v) is 17.5. The molecule has 0 saturated heterocycles. The number of anilines is 1. The van der Waals surface area contributed by atoms with Crippen molar-refractivity contribution >= 4 is 51.8 Å². The van der Waals surface area contributed by atoms with Gasteiger partial charge in [0.1, 0.15) is 16.4 Å². The highest BCUT2D eigenvalue weighted by Gasteiger charge is 2.20. The van der Waals surface area contributed by atoms with E-state index in [1.165, 1.54) is 16.2 Å². The number of ether oxygens (including phenoxy) is 1. The van der Waals surface area contributed by atoms with Crippen molar-refractivity contribution in [2.45, 2.75) is 25.7 Å². The van der Waals surface area contributed by atoms with Gasteiger partial charge in [0.25, 0.3) is 0 Å². The first-order valence-electron chi connectivity index (χ1n) is 9.13. The number of H-pyrrole nitrogens is 1. The zero-order chi connectivity index (χ0) is 21.5. The Morgan fingerprint density at radius 2 is 2.00 bits per heavy atom. The topological polar surface area (TPSA) is 119 Å². The van der Waals surface area contributed by atoms with Crippen molar-refractivity contribution in [3.05, 3.63) is 45.9 Å². The van der Waals surface area contributed by atoms with E-state index < -0.39 is 12.1 Å². The molecule has 0 bridgehead atoms. The normalized spacial score (nSPS) is 10.5. The molecule has 0 radical (unpaired) electrons. The molecule has 2 aromatic heterocycles. The highest BCUT2D eigenvalue weighted by molar-refractivity contribution is 7.73. The summed E-state index contributed by atoms with van der Waals surface area (Å²) in [5.74, 6) is -0.141. The number of nitrogens with zero attached hydrogens (tertiary/aromatic N) is 3. The monoisotopic (exact) mass is 442 g/mol. The first-order valence-corrected chi connectivity index (χ1v) is 10.4. The summed E-state index contributed by atoms with van der Waals surface area (Å²) < 4.78 is 6.07. The Bertz CT molecular complexity index is 1150. The minimum Gasteiger partial charge on any atom is -0.481 e. The highest BCUT2D eigenvalue weighted by atomic mass is 32.1. The predicted molar refractivity (Wildman–Crippen MR) is 115 cm³/mol. The van der Waals surface area contributed by atoms with E-state index in [1.807, 2.05) is 0 Å². The molecule has 3 rings (SSSR count). The van der Waals surface area contributed by atoms with Crippen molar-refractivity contribution in [3.8, 4) is 11.8 Å². The van der Waals surface area contributed by atoms with Gasteiger partial charge >= 0.3 is 12.1 Å². The van der Waals surface area contributed by atoms with E-state index in [9.17, 15) is 9.59 Å². The number of thiazole rings is 1. The second kappa shape index (κ2) is 9.96. The maximum atomic E-state index is 12.9. The van der Waals surface area contributed by atoms with E-state index in [1.54, 1.807) is 36.4 Å². The van der Waals surface area contributed by atoms with Crippen LogP contribution in [0.25, 0.3) is 10.3 Å². The number of carboxylic acid groups (broad SMARTS) is 1. The molecule has 8 nitrogen and oxygen atoms in total. The third-order valence-corrected chi connectivity index (χ3v) is 5.35.